The predicted molar refractivity (Wildman–Crippen MR) is 136 cm³/mol. The second kappa shape index (κ2) is 7.69. The third-order valence-electron chi connectivity index (χ3n) is 8.15. The van der Waals surface area contributed by atoms with Crippen LogP contribution in [0, 0.1) is 0 Å². The molecule has 6 rings (SSSR count). The highest BCUT2D eigenvalue weighted by molar-refractivity contribution is 5.97. The molecule has 0 unspecified atom stereocenters. The van der Waals surface area contributed by atoms with E-state index in [4.69, 9.17) is 0 Å². The summed E-state index contributed by atoms with van der Waals surface area (Å²) in [6.07, 6.45) is 2.33. The van der Waals surface area contributed by atoms with E-state index in [-0.39, 0.29) is 41.5 Å². The molecule has 6 nitrogen and oxygen atoms in total. The molecule has 2 amide bonds. The Morgan fingerprint density at radius 2 is 1.57 bits per heavy atom. The largest absolute Gasteiger partial charge is 0.356 e. The Kier molecular flexibility index (Phi) is 4.91. The van der Waals surface area contributed by atoms with E-state index in [1.165, 1.54) is 0 Å². The lowest BCUT2D eigenvalue weighted by atomic mass is 9.78. The number of amides is 2. The first-order valence-corrected chi connectivity index (χ1v) is 12.8. The molecule has 3 N–H and O–H groups in total. The molecule has 0 aliphatic carbocycles. The molecular weight excluding hydrogens is 436 g/mol. The third-order valence-corrected chi connectivity index (χ3v) is 8.15. The van der Waals surface area contributed by atoms with Gasteiger partial charge in [0.15, 0.2) is 0 Å². The molecule has 4 heterocycles. The van der Waals surface area contributed by atoms with Crippen LogP contribution in [-0.4, -0.2) is 56.3 Å². The molecule has 3 aliphatic rings. The Hall–Kier alpha value is -3.12. The highest BCUT2D eigenvalue weighted by Gasteiger charge is 2.52. The summed E-state index contributed by atoms with van der Waals surface area (Å²) in [5, 5.41) is 3.57. The number of carbonyl (C=O) groups excluding carboxylic acids is 2. The minimum atomic E-state index is -0.481. The lowest BCUT2D eigenvalue weighted by Gasteiger charge is -2.52. The zero-order chi connectivity index (χ0) is 24.5. The lowest BCUT2D eigenvalue weighted by Crippen LogP contribution is -3.06. The first-order valence-electron chi connectivity index (χ1n) is 12.8. The van der Waals surface area contributed by atoms with E-state index in [1.807, 2.05) is 40.1 Å². The predicted octanol–water partition coefficient (Wildman–Crippen LogP) is 3.14. The van der Waals surface area contributed by atoms with Crippen molar-refractivity contribution in [1.82, 2.24) is 14.8 Å². The van der Waals surface area contributed by atoms with E-state index >= 15 is 0 Å². The van der Waals surface area contributed by atoms with Crippen molar-refractivity contribution in [3.63, 3.8) is 0 Å². The van der Waals surface area contributed by atoms with Crippen molar-refractivity contribution in [2.24, 2.45) is 0 Å². The summed E-state index contributed by atoms with van der Waals surface area (Å²) in [6, 6.07) is 17.7. The number of quaternary nitrogens is 1. The zero-order valence-corrected chi connectivity index (χ0v) is 21.0. The van der Waals surface area contributed by atoms with Crippen LogP contribution >= 0.6 is 0 Å². The Balaban J connectivity index is 1.44. The van der Waals surface area contributed by atoms with E-state index < -0.39 is 6.04 Å². The number of piperidine rings is 1. The number of H-pyrrole nitrogens is 1. The summed E-state index contributed by atoms with van der Waals surface area (Å²) < 4.78 is 0. The van der Waals surface area contributed by atoms with Crippen LogP contribution in [0.5, 0.6) is 0 Å². The number of piperazine rings is 1. The maximum absolute atomic E-state index is 14.2. The lowest BCUT2D eigenvalue weighted by molar-refractivity contribution is -0.788. The Morgan fingerprint density at radius 3 is 2.29 bits per heavy atom. The average Bonchev–Trinajstić information content (AvgIpc) is 3.17. The van der Waals surface area contributed by atoms with Crippen molar-refractivity contribution in [2.75, 3.05) is 6.54 Å². The van der Waals surface area contributed by atoms with Gasteiger partial charge in [0.1, 0.15) is 12.6 Å². The Bertz CT molecular complexity index is 1290. The number of nitrogens with zero attached hydrogens (tertiary/aromatic N) is 2. The number of para-hydroxylation sites is 1. The molecule has 2 fully saturated rings. The number of nitrogens with two attached hydrogens (primary N) is 1. The van der Waals surface area contributed by atoms with Crippen LogP contribution in [0.15, 0.2) is 54.6 Å². The quantitative estimate of drug-likeness (QED) is 0.603. The molecule has 0 radical (unpaired) electrons. The van der Waals surface area contributed by atoms with Crippen LogP contribution in [0.4, 0.5) is 0 Å². The molecule has 1 aromatic heterocycles. The molecule has 0 saturated carbocycles. The molecule has 2 atom stereocenters. The number of fused-ring (bicyclic) bond motifs is 4. The van der Waals surface area contributed by atoms with Crippen molar-refractivity contribution in [2.45, 2.75) is 76.2 Å². The molecule has 0 bridgehead atoms. The molecule has 3 aliphatic heterocycles. The van der Waals surface area contributed by atoms with Gasteiger partial charge in [-0.15, -0.1) is 0 Å². The first kappa shape index (κ1) is 22.4. The van der Waals surface area contributed by atoms with Gasteiger partial charge < -0.3 is 20.1 Å². The molecule has 2 saturated heterocycles. The summed E-state index contributed by atoms with van der Waals surface area (Å²) >= 11 is 0. The summed E-state index contributed by atoms with van der Waals surface area (Å²) in [5.74, 6) is 0.137. The molecule has 3 aromatic rings. The average molecular weight is 472 g/mol. The normalized spacial score (nSPS) is 26.1. The topological polar surface area (TPSA) is 73.0 Å². The summed E-state index contributed by atoms with van der Waals surface area (Å²) in [4.78, 5) is 35.4. The number of hydrogen-bond acceptors (Lipinski definition) is 2. The van der Waals surface area contributed by atoms with Crippen molar-refractivity contribution in [3.8, 4) is 0 Å². The zero-order valence-electron chi connectivity index (χ0n) is 21.0. The van der Waals surface area contributed by atoms with Crippen molar-refractivity contribution >= 4 is 22.7 Å². The second-order valence-corrected chi connectivity index (χ2v) is 12.0. The van der Waals surface area contributed by atoms with Gasteiger partial charge in [-0.3, -0.25) is 9.59 Å². The highest BCUT2D eigenvalue weighted by atomic mass is 16.2. The van der Waals surface area contributed by atoms with Gasteiger partial charge in [-0.05, 0) is 44.9 Å². The van der Waals surface area contributed by atoms with Crippen LogP contribution in [-0.2, 0) is 16.0 Å². The van der Waals surface area contributed by atoms with Gasteiger partial charge in [-0.25, -0.2) is 0 Å². The van der Waals surface area contributed by atoms with E-state index in [9.17, 15) is 9.59 Å². The van der Waals surface area contributed by atoms with Crippen LogP contribution in [0.25, 0.3) is 10.9 Å². The van der Waals surface area contributed by atoms with E-state index in [0.717, 1.165) is 40.6 Å². The molecular formula is C29H35N4O2+. The van der Waals surface area contributed by atoms with Crippen molar-refractivity contribution < 1.29 is 14.9 Å². The van der Waals surface area contributed by atoms with E-state index in [2.05, 4.69) is 62.3 Å². The van der Waals surface area contributed by atoms with Crippen molar-refractivity contribution in [1.29, 1.82) is 0 Å². The highest BCUT2D eigenvalue weighted by Crippen LogP contribution is 2.43. The summed E-state index contributed by atoms with van der Waals surface area (Å²) in [5.41, 5.74) is 4.34. The number of carbonyl (C=O) groups is 2. The first-order chi connectivity index (χ1) is 16.6. The van der Waals surface area contributed by atoms with Crippen LogP contribution in [0.1, 0.15) is 63.4 Å². The van der Waals surface area contributed by atoms with Gasteiger partial charge in [-0.2, -0.15) is 0 Å². The van der Waals surface area contributed by atoms with E-state index in [0.29, 0.717) is 6.42 Å². The fraction of sp³-hybridized carbons (Fsp3) is 0.448. The standard InChI is InChI=1S/C29H34N4O2/c1-28(2)15-19(16-29(3,4)31-28)32-17-24(34)33-23(27(32)35)14-21-20-12-8-9-13-22(20)30-25(21)26(33)18-10-6-5-7-11-18/h5-13,19,23,26,30-31H,14-17H2,1-4H3/p+1/t23-,26-/m0/s1. The van der Waals surface area contributed by atoms with Gasteiger partial charge in [0.05, 0.1) is 17.1 Å². The monoisotopic (exact) mass is 471 g/mol. The Morgan fingerprint density at radius 1 is 0.914 bits per heavy atom. The minimum Gasteiger partial charge on any atom is -0.356 e. The van der Waals surface area contributed by atoms with Gasteiger partial charge in [0, 0.05) is 41.9 Å². The smallest absolute Gasteiger partial charge is 0.246 e. The number of aromatic nitrogens is 1. The van der Waals surface area contributed by atoms with Gasteiger partial charge in [0.2, 0.25) is 11.8 Å². The number of benzene rings is 2. The minimum absolute atomic E-state index is 0.0238. The van der Waals surface area contributed by atoms with Gasteiger partial charge in [0.25, 0.3) is 0 Å². The summed E-state index contributed by atoms with van der Waals surface area (Å²) in [7, 11) is 0. The number of aromatic amines is 1. The maximum Gasteiger partial charge on any atom is 0.246 e. The second-order valence-electron chi connectivity index (χ2n) is 12.0. The van der Waals surface area contributed by atoms with Crippen LogP contribution in [0.2, 0.25) is 0 Å². The van der Waals surface area contributed by atoms with E-state index in [1.54, 1.807) is 0 Å². The number of rotatable bonds is 2. The van der Waals surface area contributed by atoms with Crippen LogP contribution < -0.4 is 5.32 Å². The maximum atomic E-state index is 14.2. The molecule has 35 heavy (non-hydrogen) atoms. The van der Waals surface area contributed by atoms with Crippen LogP contribution in [0.3, 0.4) is 0 Å². The fourth-order valence-corrected chi connectivity index (χ4v) is 7.26. The van der Waals surface area contributed by atoms with Gasteiger partial charge in [-0.1, -0.05) is 48.5 Å². The fourth-order valence-electron chi connectivity index (χ4n) is 7.26. The summed E-state index contributed by atoms with van der Waals surface area (Å²) in [6.45, 7) is 9.13. The van der Waals surface area contributed by atoms with Crippen molar-refractivity contribution in [3.05, 3.63) is 71.4 Å². The SMILES string of the molecule is CC1(C)CC(N2CC(=O)N3[C@@H](c4ccccc4)c4[nH]c5ccccc5c4C[C@H]3C2=O)CC(C)(C)[NH2+]1. The Labute approximate surface area is 206 Å². The van der Waals surface area contributed by atoms with Gasteiger partial charge >= 0.3 is 0 Å². The third kappa shape index (κ3) is 3.66. The number of nitrogens with one attached hydrogen (secondary N) is 1. The number of hydrogen-bond donors (Lipinski definition) is 2. The molecule has 0 spiro atoms. The molecule has 6 heteroatoms. The molecule has 2 aromatic carbocycles. The molecule has 182 valence electrons.